The number of anilines is 1. The summed E-state index contributed by atoms with van der Waals surface area (Å²) in [6.07, 6.45) is 3.73. The van der Waals surface area contributed by atoms with Crippen molar-refractivity contribution in [2.24, 2.45) is 4.40 Å². The number of hydrogen-bond acceptors (Lipinski definition) is 3. The van der Waals surface area contributed by atoms with Crippen molar-refractivity contribution >= 4 is 33.1 Å². The monoisotopic (exact) mass is 286 g/mol. The molecule has 0 unspecified atom stereocenters. The maximum absolute atomic E-state index is 12.0. The van der Waals surface area contributed by atoms with Gasteiger partial charge < -0.3 is 5.32 Å². The summed E-state index contributed by atoms with van der Waals surface area (Å²) in [6.45, 7) is 2.10. The molecular formula is C12H15ClN2O2S. The van der Waals surface area contributed by atoms with Crippen LogP contribution in [0.15, 0.2) is 27.5 Å². The molecule has 1 aromatic rings. The van der Waals surface area contributed by atoms with E-state index in [2.05, 4.69) is 16.6 Å². The van der Waals surface area contributed by atoms with E-state index in [-0.39, 0.29) is 4.90 Å². The Kier molecular flexibility index (Phi) is 3.92. The van der Waals surface area contributed by atoms with Gasteiger partial charge in [0.2, 0.25) is 0 Å². The number of amidine groups is 1. The number of fused-ring (bicyclic) bond motifs is 1. The summed E-state index contributed by atoms with van der Waals surface area (Å²) < 4.78 is 27.8. The zero-order valence-corrected chi connectivity index (χ0v) is 11.7. The van der Waals surface area contributed by atoms with Crippen LogP contribution < -0.4 is 5.32 Å². The minimum Gasteiger partial charge on any atom is -0.342 e. The second-order valence-corrected chi connectivity index (χ2v) is 6.24. The van der Waals surface area contributed by atoms with E-state index >= 15 is 0 Å². The van der Waals surface area contributed by atoms with Gasteiger partial charge in [-0.2, -0.15) is 8.42 Å². The second-order valence-electron chi connectivity index (χ2n) is 4.24. The van der Waals surface area contributed by atoms with Crippen molar-refractivity contribution in [3.8, 4) is 0 Å². The van der Waals surface area contributed by atoms with E-state index in [1.54, 1.807) is 12.1 Å². The van der Waals surface area contributed by atoms with Crippen LogP contribution in [0.2, 0.25) is 5.02 Å². The normalized spacial score (nSPS) is 16.7. The van der Waals surface area contributed by atoms with E-state index in [4.69, 9.17) is 11.6 Å². The van der Waals surface area contributed by atoms with Gasteiger partial charge in [-0.3, -0.25) is 0 Å². The molecule has 6 heteroatoms. The summed E-state index contributed by atoms with van der Waals surface area (Å²) >= 11 is 5.80. The Morgan fingerprint density at radius 1 is 1.33 bits per heavy atom. The Balaban J connectivity index is 2.27. The molecule has 2 rings (SSSR count). The minimum atomic E-state index is -3.61. The number of halogens is 1. The SMILES string of the molecule is CCCCCC1=NS(=O)(=O)c2cc(Cl)ccc2N1. The number of rotatable bonds is 4. The highest BCUT2D eigenvalue weighted by atomic mass is 35.5. The molecule has 0 aromatic heterocycles. The number of nitrogens with zero attached hydrogens (tertiary/aromatic N) is 1. The first-order chi connectivity index (χ1) is 8.53. The third kappa shape index (κ3) is 2.84. The zero-order chi connectivity index (χ0) is 13.2. The molecule has 18 heavy (non-hydrogen) atoms. The molecular weight excluding hydrogens is 272 g/mol. The summed E-state index contributed by atoms with van der Waals surface area (Å²) in [5.41, 5.74) is 0.556. The van der Waals surface area contributed by atoms with Gasteiger partial charge >= 0.3 is 0 Å². The van der Waals surface area contributed by atoms with Gasteiger partial charge in [-0.25, -0.2) is 0 Å². The van der Waals surface area contributed by atoms with Crippen LogP contribution in [0.5, 0.6) is 0 Å². The Hall–Kier alpha value is -1.07. The maximum atomic E-state index is 12.0. The molecule has 1 N–H and O–H groups in total. The molecule has 0 saturated heterocycles. The number of hydrogen-bond donors (Lipinski definition) is 1. The minimum absolute atomic E-state index is 0.147. The van der Waals surface area contributed by atoms with Gasteiger partial charge in [0.1, 0.15) is 10.7 Å². The number of benzene rings is 1. The van der Waals surface area contributed by atoms with Crippen LogP contribution in [0.3, 0.4) is 0 Å². The molecule has 0 fully saturated rings. The quantitative estimate of drug-likeness (QED) is 0.863. The lowest BCUT2D eigenvalue weighted by Gasteiger charge is -2.18. The highest BCUT2D eigenvalue weighted by molar-refractivity contribution is 7.90. The zero-order valence-electron chi connectivity index (χ0n) is 10.1. The molecule has 0 amide bonds. The third-order valence-electron chi connectivity index (χ3n) is 2.75. The molecule has 1 aliphatic rings. The average molecular weight is 287 g/mol. The van der Waals surface area contributed by atoms with Gasteiger partial charge in [-0.15, -0.1) is 4.40 Å². The van der Waals surface area contributed by atoms with Crippen molar-refractivity contribution < 1.29 is 8.42 Å². The molecule has 0 saturated carbocycles. The van der Waals surface area contributed by atoms with E-state index in [9.17, 15) is 8.42 Å². The molecule has 4 nitrogen and oxygen atoms in total. The fraction of sp³-hybridized carbons (Fsp3) is 0.417. The standard InChI is InChI=1S/C12H15ClN2O2S/c1-2-3-4-5-12-14-10-7-6-9(13)8-11(10)18(16,17)15-12/h6-8H,2-5H2,1H3,(H,14,15). The summed E-state index contributed by atoms with van der Waals surface area (Å²) in [5, 5.41) is 3.44. The van der Waals surface area contributed by atoms with Crippen LogP contribution in [0.4, 0.5) is 5.69 Å². The van der Waals surface area contributed by atoms with Crippen LogP contribution in [-0.2, 0) is 10.0 Å². The first-order valence-electron chi connectivity index (χ1n) is 5.93. The lowest BCUT2D eigenvalue weighted by Crippen LogP contribution is -2.21. The molecule has 98 valence electrons. The molecule has 0 spiro atoms. The summed E-state index contributed by atoms with van der Waals surface area (Å²) in [4.78, 5) is 0.147. The Bertz CT molecular complexity index is 582. The van der Waals surface area contributed by atoms with E-state index in [1.165, 1.54) is 6.07 Å². The summed E-state index contributed by atoms with van der Waals surface area (Å²) in [7, 11) is -3.61. The van der Waals surface area contributed by atoms with Crippen LogP contribution in [0.25, 0.3) is 0 Å². The molecule has 1 heterocycles. The lowest BCUT2D eigenvalue weighted by atomic mass is 10.2. The van der Waals surface area contributed by atoms with Crippen molar-refractivity contribution in [2.75, 3.05) is 5.32 Å². The molecule has 0 bridgehead atoms. The van der Waals surface area contributed by atoms with Crippen molar-refractivity contribution in [2.45, 2.75) is 37.5 Å². The van der Waals surface area contributed by atoms with Crippen LogP contribution in [0, 0.1) is 0 Å². The van der Waals surface area contributed by atoms with Crippen LogP contribution in [-0.4, -0.2) is 14.3 Å². The van der Waals surface area contributed by atoms with E-state index in [0.717, 1.165) is 19.3 Å². The number of unbranched alkanes of at least 4 members (excludes halogenated alkanes) is 2. The summed E-state index contributed by atoms with van der Waals surface area (Å²) in [6, 6.07) is 4.76. The fourth-order valence-corrected chi connectivity index (χ4v) is 3.27. The van der Waals surface area contributed by atoms with Gasteiger partial charge in [-0.1, -0.05) is 31.4 Å². The Morgan fingerprint density at radius 3 is 2.83 bits per heavy atom. The molecule has 0 radical (unpaired) electrons. The molecule has 0 atom stereocenters. The average Bonchev–Trinajstić information content (AvgIpc) is 2.30. The third-order valence-corrected chi connectivity index (χ3v) is 4.34. The first kappa shape index (κ1) is 13.4. The first-order valence-corrected chi connectivity index (χ1v) is 7.75. The highest BCUT2D eigenvalue weighted by Gasteiger charge is 2.24. The van der Waals surface area contributed by atoms with E-state index < -0.39 is 10.0 Å². The van der Waals surface area contributed by atoms with Crippen molar-refractivity contribution in [3.63, 3.8) is 0 Å². The molecule has 0 aliphatic carbocycles. The van der Waals surface area contributed by atoms with Gasteiger partial charge in [0.15, 0.2) is 0 Å². The predicted molar refractivity (Wildman–Crippen MR) is 73.8 cm³/mol. The molecule has 1 aromatic carbocycles. The van der Waals surface area contributed by atoms with Gasteiger partial charge in [0.05, 0.1) is 5.69 Å². The largest absolute Gasteiger partial charge is 0.342 e. The van der Waals surface area contributed by atoms with E-state index in [1.807, 2.05) is 0 Å². The van der Waals surface area contributed by atoms with Crippen LogP contribution in [0.1, 0.15) is 32.6 Å². The molecule has 1 aliphatic heterocycles. The van der Waals surface area contributed by atoms with Gasteiger partial charge in [0, 0.05) is 11.4 Å². The predicted octanol–water partition coefficient (Wildman–Crippen LogP) is 3.43. The maximum Gasteiger partial charge on any atom is 0.286 e. The smallest absolute Gasteiger partial charge is 0.286 e. The highest BCUT2D eigenvalue weighted by Crippen LogP contribution is 2.30. The number of nitrogens with one attached hydrogen (secondary N) is 1. The topological polar surface area (TPSA) is 58.5 Å². The Labute approximate surface area is 112 Å². The van der Waals surface area contributed by atoms with Crippen molar-refractivity contribution in [1.82, 2.24) is 0 Å². The van der Waals surface area contributed by atoms with Crippen LogP contribution >= 0.6 is 11.6 Å². The fourth-order valence-electron chi connectivity index (χ4n) is 1.84. The lowest BCUT2D eigenvalue weighted by molar-refractivity contribution is 0.597. The van der Waals surface area contributed by atoms with E-state index in [0.29, 0.717) is 23.0 Å². The van der Waals surface area contributed by atoms with Crippen molar-refractivity contribution in [1.29, 1.82) is 0 Å². The number of sulfonamides is 1. The van der Waals surface area contributed by atoms with Gasteiger partial charge in [-0.05, 0) is 24.6 Å². The van der Waals surface area contributed by atoms with Gasteiger partial charge in [0.25, 0.3) is 10.0 Å². The second kappa shape index (κ2) is 5.28. The Morgan fingerprint density at radius 2 is 2.11 bits per heavy atom. The summed E-state index contributed by atoms with van der Waals surface area (Å²) in [5.74, 6) is 0.512. The van der Waals surface area contributed by atoms with Crippen molar-refractivity contribution in [3.05, 3.63) is 23.2 Å².